The van der Waals surface area contributed by atoms with Gasteiger partial charge >= 0.3 is 0 Å². The van der Waals surface area contributed by atoms with E-state index in [0.29, 0.717) is 5.75 Å². The van der Waals surface area contributed by atoms with Crippen LogP contribution in [0.15, 0.2) is 24.3 Å². The van der Waals surface area contributed by atoms with Crippen LogP contribution >= 0.6 is 0 Å². The van der Waals surface area contributed by atoms with E-state index in [4.69, 9.17) is 9.84 Å². The van der Waals surface area contributed by atoms with E-state index in [2.05, 4.69) is 5.32 Å². The fourth-order valence-corrected chi connectivity index (χ4v) is 3.21. The SMILES string of the molecule is CNCC(c1ccc(OCO)cc1)C1(O)CCCCC1. The van der Waals surface area contributed by atoms with Gasteiger partial charge in [-0.3, -0.25) is 0 Å². The van der Waals surface area contributed by atoms with Crippen molar-refractivity contribution in [3.63, 3.8) is 0 Å². The van der Waals surface area contributed by atoms with Crippen molar-refractivity contribution in [3.8, 4) is 5.75 Å². The maximum Gasteiger partial charge on any atom is 0.186 e. The first-order valence-corrected chi connectivity index (χ1v) is 7.40. The maximum absolute atomic E-state index is 11.0. The zero-order valence-electron chi connectivity index (χ0n) is 12.1. The molecular formula is C16H25NO3. The third-order valence-electron chi connectivity index (χ3n) is 4.29. The van der Waals surface area contributed by atoms with Crippen LogP contribution in [0.4, 0.5) is 0 Å². The molecule has 2 rings (SSSR count). The van der Waals surface area contributed by atoms with E-state index in [-0.39, 0.29) is 12.7 Å². The van der Waals surface area contributed by atoms with Crippen molar-refractivity contribution in [2.75, 3.05) is 20.4 Å². The summed E-state index contributed by atoms with van der Waals surface area (Å²) in [4.78, 5) is 0. The lowest BCUT2D eigenvalue weighted by Gasteiger charge is -2.39. The second-order valence-electron chi connectivity index (χ2n) is 5.62. The van der Waals surface area contributed by atoms with Crippen LogP contribution in [0.5, 0.6) is 5.75 Å². The number of ether oxygens (including phenoxy) is 1. The van der Waals surface area contributed by atoms with E-state index in [1.165, 1.54) is 6.42 Å². The number of nitrogens with one attached hydrogen (secondary N) is 1. The lowest BCUT2D eigenvalue weighted by Crippen LogP contribution is -2.42. The van der Waals surface area contributed by atoms with E-state index in [1.807, 2.05) is 31.3 Å². The van der Waals surface area contributed by atoms with Crippen LogP contribution in [0, 0.1) is 0 Å². The zero-order valence-corrected chi connectivity index (χ0v) is 12.1. The lowest BCUT2D eigenvalue weighted by molar-refractivity contribution is -0.0211. The van der Waals surface area contributed by atoms with Crippen LogP contribution in [0.3, 0.4) is 0 Å². The number of rotatable bonds is 6. The molecule has 3 N–H and O–H groups in total. The molecular weight excluding hydrogens is 254 g/mol. The summed E-state index contributed by atoms with van der Waals surface area (Å²) in [6, 6.07) is 7.67. The summed E-state index contributed by atoms with van der Waals surface area (Å²) in [6.07, 6.45) is 5.16. The molecule has 4 heteroatoms. The number of aliphatic hydroxyl groups excluding tert-OH is 1. The minimum absolute atomic E-state index is 0.0935. The molecule has 1 aliphatic rings. The van der Waals surface area contributed by atoms with Crippen LogP contribution in [0.1, 0.15) is 43.6 Å². The minimum atomic E-state index is -0.611. The first-order valence-electron chi connectivity index (χ1n) is 7.40. The second kappa shape index (κ2) is 7.07. The van der Waals surface area contributed by atoms with Gasteiger partial charge in [-0.2, -0.15) is 0 Å². The zero-order chi connectivity index (χ0) is 14.4. The van der Waals surface area contributed by atoms with Gasteiger partial charge in [-0.1, -0.05) is 31.4 Å². The first-order chi connectivity index (χ1) is 9.69. The van der Waals surface area contributed by atoms with Crippen molar-refractivity contribution in [1.82, 2.24) is 5.32 Å². The topological polar surface area (TPSA) is 61.7 Å². The van der Waals surface area contributed by atoms with Crippen molar-refractivity contribution in [1.29, 1.82) is 0 Å². The number of aliphatic hydroxyl groups is 2. The normalized spacial score (nSPS) is 19.6. The summed E-state index contributed by atoms with van der Waals surface area (Å²) < 4.78 is 5.05. The number of likely N-dealkylation sites (N-methyl/N-ethyl adjacent to an activating group) is 1. The summed E-state index contributed by atoms with van der Waals surface area (Å²) in [5, 5.41) is 22.9. The molecule has 0 spiro atoms. The fourth-order valence-electron chi connectivity index (χ4n) is 3.21. The Morgan fingerprint density at radius 1 is 1.20 bits per heavy atom. The van der Waals surface area contributed by atoms with Gasteiger partial charge in [0, 0.05) is 12.5 Å². The molecule has 1 aromatic carbocycles. The second-order valence-corrected chi connectivity index (χ2v) is 5.62. The van der Waals surface area contributed by atoms with Crippen molar-refractivity contribution >= 4 is 0 Å². The average molecular weight is 279 g/mol. The Morgan fingerprint density at radius 2 is 1.85 bits per heavy atom. The molecule has 0 bridgehead atoms. The van der Waals surface area contributed by atoms with Gasteiger partial charge in [0.2, 0.25) is 0 Å². The molecule has 0 aliphatic heterocycles. The highest BCUT2D eigenvalue weighted by atomic mass is 16.6. The quantitative estimate of drug-likeness (QED) is 0.697. The van der Waals surface area contributed by atoms with Gasteiger partial charge in [0.15, 0.2) is 6.79 Å². The summed E-state index contributed by atoms with van der Waals surface area (Å²) in [5.41, 5.74) is 0.509. The molecule has 4 nitrogen and oxygen atoms in total. The van der Waals surface area contributed by atoms with Crippen molar-refractivity contribution in [3.05, 3.63) is 29.8 Å². The Balaban J connectivity index is 2.18. The van der Waals surface area contributed by atoms with Crippen LogP contribution in [-0.2, 0) is 0 Å². The summed E-state index contributed by atoms with van der Waals surface area (Å²) >= 11 is 0. The molecule has 1 saturated carbocycles. The molecule has 1 unspecified atom stereocenters. The van der Waals surface area contributed by atoms with Gasteiger partial charge in [0.25, 0.3) is 0 Å². The minimum Gasteiger partial charge on any atom is -0.468 e. The molecule has 20 heavy (non-hydrogen) atoms. The van der Waals surface area contributed by atoms with Crippen LogP contribution in [-0.4, -0.2) is 36.2 Å². The smallest absolute Gasteiger partial charge is 0.186 e. The predicted molar refractivity (Wildman–Crippen MR) is 78.9 cm³/mol. The fraction of sp³-hybridized carbons (Fsp3) is 0.625. The van der Waals surface area contributed by atoms with Crippen LogP contribution in [0.2, 0.25) is 0 Å². The third kappa shape index (κ3) is 3.51. The van der Waals surface area contributed by atoms with E-state index in [1.54, 1.807) is 0 Å². The molecule has 1 atom stereocenters. The summed E-state index contributed by atoms with van der Waals surface area (Å²) in [7, 11) is 1.92. The van der Waals surface area contributed by atoms with Gasteiger partial charge < -0.3 is 20.3 Å². The van der Waals surface area contributed by atoms with Crippen molar-refractivity contribution < 1.29 is 14.9 Å². The van der Waals surface area contributed by atoms with Gasteiger partial charge in [-0.05, 0) is 37.6 Å². The van der Waals surface area contributed by atoms with Crippen LogP contribution < -0.4 is 10.1 Å². The summed E-state index contributed by atoms with van der Waals surface area (Å²) in [5.74, 6) is 0.742. The molecule has 112 valence electrons. The van der Waals surface area contributed by atoms with Crippen molar-refractivity contribution in [2.24, 2.45) is 0 Å². The maximum atomic E-state index is 11.0. The first kappa shape index (κ1) is 15.3. The van der Waals surface area contributed by atoms with Gasteiger partial charge in [-0.25, -0.2) is 0 Å². The molecule has 0 heterocycles. The van der Waals surface area contributed by atoms with Gasteiger partial charge in [0.05, 0.1) is 5.60 Å². The monoisotopic (exact) mass is 279 g/mol. The van der Waals surface area contributed by atoms with Gasteiger partial charge in [-0.15, -0.1) is 0 Å². The predicted octanol–water partition coefficient (Wildman–Crippen LogP) is 2.01. The Hall–Kier alpha value is -1.10. The molecule has 0 saturated heterocycles. The van der Waals surface area contributed by atoms with Crippen molar-refractivity contribution in [2.45, 2.75) is 43.6 Å². The highest BCUT2D eigenvalue weighted by Gasteiger charge is 2.38. The largest absolute Gasteiger partial charge is 0.468 e. The number of hydrogen-bond acceptors (Lipinski definition) is 4. The molecule has 1 fully saturated rings. The molecule has 0 amide bonds. The van der Waals surface area contributed by atoms with Crippen LogP contribution in [0.25, 0.3) is 0 Å². The Labute approximate surface area is 120 Å². The Kier molecular flexibility index (Phi) is 5.40. The highest BCUT2D eigenvalue weighted by Crippen LogP contribution is 2.39. The standard InChI is InChI=1S/C16H25NO3/c1-17-11-15(16(19)9-3-2-4-10-16)13-5-7-14(8-6-13)20-12-18/h5-8,15,17-19H,2-4,9-12H2,1H3. The highest BCUT2D eigenvalue weighted by molar-refractivity contribution is 5.31. The third-order valence-corrected chi connectivity index (χ3v) is 4.29. The number of benzene rings is 1. The van der Waals surface area contributed by atoms with Gasteiger partial charge in [0.1, 0.15) is 5.75 Å². The van der Waals surface area contributed by atoms with E-state index < -0.39 is 5.60 Å². The summed E-state index contributed by atoms with van der Waals surface area (Å²) in [6.45, 7) is 0.444. The van der Waals surface area contributed by atoms with E-state index in [0.717, 1.165) is 37.8 Å². The Morgan fingerprint density at radius 3 is 2.40 bits per heavy atom. The molecule has 1 aliphatic carbocycles. The number of hydrogen-bond donors (Lipinski definition) is 3. The Bertz CT molecular complexity index is 399. The lowest BCUT2D eigenvalue weighted by atomic mass is 9.73. The average Bonchev–Trinajstić information content (AvgIpc) is 2.47. The molecule has 1 aromatic rings. The molecule has 0 radical (unpaired) electrons. The van der Waals surface area contributed by atoms with E-state index in [9.17, 15) is 5.11 Å². The molecule has 0 aromatic heterocycles. The van der Waals surface area contributed by atoms with E-state index >= 15 is 0 Å².